The molecule has 0 aliphatic rings. The lowest BCUT2D eigenvalue weighted by Gasteiger charge is -2.24. The zero-order valence-electron chi connectivity index (χ0n) is 28.2. The molecule has 0 saturated carbocycles. The Balaban J connectivity index is 1.09. The van der Waals surface area contributed by atoms with Crippen LogP contribution < -0.4 is 4.90 Å². The Hall–Kier alpha value is -6.22. The fourth-order valence-electron chi connectivity index (χ4n) is 7.95. The van der Waals surface area contributed by atoms with Gasteiger partial charge in [0.2, 0.25) is 0 Å². The van der Waals surface area contributed by atoms with E-state index in [1.54, 1.807) is 0 Å². The summed E-state index contributed by atoms with van der Waals surface area (Å²) in [7, 11) is 2.20. The van der Waals surface area contributed by atoms with Gasteiger partial charge in [-0.3, -0.25) is 0 Å². The van der Waals surface area contributed by atoms with Crippen molar-refractivity contribution in [1.82, 2.24) is 0 Å². The third-order valence-corrected chi connectivity index (χ3v) is 11.7. The molecule has 0 aliphatic heterocycles. The van der Waals surface area contributed by atoms with E-state index >= 15 is 0 Å². The molecule has 0 aliphatic carbocycles. The van der Waals surface area contributed by atoms with E-state index in [2.05, 4.69) is 194 Å². The molecule has 0 radical (unpaired) electrons. The van der Waals surface area contributed by atoms with E-state index in [4.69, 9.17) is 0 Å². The predicted octanol–water partition coefficient (Wildman–Crippen LogP) is 14.3. The summed E-state index contributed by atoms with van der Waals surface area (Å²) in [6, 6.07) is 66.7. The Morgan fingerprint density at radius 2 is 0.843 bits per heavy atom. The third-order valence-electron chi connectivity index (χ3n) is 10.5. The second kappa shape index (κ2) is 12.0. The van der Waals surface area contributed by atoms with Crippen LogP contribution in [0.3, 0.4) is 0 Å². The molecule has 9 aromatic carbocycles. The number of rotatable bonds is 5. The van der Waals surface area contributed by atoms with Crippen LogP contribution in [0.5, 0.6) is 0 Å². The van der Waals surface area contributed by atoms with Gasteiger partial charge < -0.3 is 4.90 Å². The summed E-state index contributed by atoms with van der Waals surface area (Å²) in [5.41, 5.74) is 9.65. The largest absolute Gasteiger partial charge is 0.343 e. The maximum atomic E-state index is 2.38. The highest BCUT2D eigenvalue weighted by atomic mass is 32.1. The summed E-state index contributed by atoms with van der Waals surface area (Å²) in [5, 5.41) is 10.4. The van der Waals surface area contributed by atoms with Gasteiger partial charge in [-0.05, 0) is 96.5 Å². The molecule has 0 unspecified atom stereocenters. The maximum absolute atomic E-state index is 2.38. The van der Waals surface area contributed by atoms with Gasteiger partial charge in [0.15, 0.2) is 0 Å². The normalized spacial score (nSPS) is 11.6. The number of hydrogen-bond donors (Lipinski definition) is 0. The lowest BCUT2D eigenvalue weighted by Crippen LogP contribution is -2.11. The van der Waals surface area contributed by atoms with Crippen LogP contribution in [0.2, 0.25) is 0 Å². The topological polar surface area (TPSA) is 3.24 Å². The second-order valence-corrected chi connectivity index (χ2v) is 14.4. The number of benzene rings is 9. The van der Waals surface area contributed by atoms with Gasteiger partial charge in [-0.2, -0.15) is 0 Å². The summed E-state index contributed by atoms with van der Waals surface area (Å²) in [6.45, 7) is 0. The van der Waals surface area contributed by atoms with E-state index in [9.17, 15) is 0 Å². The fraction of sp³-hybridized carbons (Fsp3) is 0.0204. The summed E-state index contributed by atoms with van der Waals surface area (Å²) in [5.74, 6) is 0. The van der Waals surface area contributed by atoms with Crippen LogP contribution in [0.15, 0.2) is 182 Å². The zero-order valence-corrected chi connectivity index (χ0v) is 29.0. The Morgan fingerprint density at radius 1 is 0.333 bits per heavy atom. The first-order valence-electron chi connectivity index (χ1n) is 17.5. The average Bonchev–Trinajstić information content (AvgIpc) is 3.60. The third kappa shape index (κ3) is 4.91. The minimum atomic E-state index is 1.18. The monoisotopic (exact) mass is 667 g/mol. The van der Waals surface area contributed by atoms with E-state index in [-0.39, 0.29) is 0 Å². The summed E-state index contributed by atoms with van der Waals surface area (Å²) in [6.07, 6.45) is 0. The molecule has 0 atom stereocenters. The van der Waals surface area contributed by atoms with E-state index in [0.29, 0.717) is 0 Å². The summed E-state index contributed by atoms with van der Waals surface area (Å²) in [4.78, 5) is 2.36. The Morgan fingerprint density at radius 3 is 1.57 bits per heavy atom. The Bertz CT molecular complexity index is 2900. The highest BCUT2D eigenvalue weighted by Crippen LogP contribution is 2.44. The van der Waals surface area contributed by atoms with E-state index in [0.717, 1.165) is 0 Å². The van der Waals surface area contributed by atoms with Crippen molar-refractivity contribution in [1.29, 1.82) is 0 Å². The lowest BCUT2D eigenvalue weighted by molar-refractivity contribution is 1.23. The van der Waals surface area contributed by atoms with Crippen molar-refractivity contribution in [3.63, 3.8) is 0 Å². The van der Waals surface area contributed by atoms with Gasteiger partial charge in [0.05, 0.1) is 10.4 Å². The van der Waals surface area contributed by atoms with Crippen molar-refractivity contribution < 1.29 is 0 Å². The molecular weight excluding hydrogens is 635 g/mol. The van der Waals surface area contributed by atoms with Gasteiger partial charge >= 0.3 is 0 Å². The van der Waals surface area contributed by atoms with Gasteiger partial charge in [0.25, 0.3) is 0 Å². The zero-order chi connectivity index (χ0) is 33.9. The van der Waals surface area contributed by atoms with Gasteiger partial charge in [0.1, 0.15) is 0 Å². The van der Waals surface area contributed by atoms with Crippen molar-refractivity contribution in [2.45, 2.75) is 0 Å². The van der Waals surface area contributed by atoms with Crippen molar-refractivity contribution in [3.8, 4) is 33.4 Å². The predicted molar refractivity (Wildman–Crippen MR) is 223 cm³/mol. The molecule has 1 heterocycles. The second-order valence-electron chi connectivity index (χ2n) is 13.3. The van der Waals surface area contributed by atoms with Crippen LogP contribution in [0.4, 0.5) is 11.4 Å². The van der Waals surface area contributed by atoms with E-state index in [1.165, 1.54) is 97.2 Å². The molecule has 0 N–H and O–H groups in total. The quantitative estimate of drug-likeness (QED) is 0.165. The molecule has 240 valence electrons. The first kappa shape index (κ1) is 29.7. The van der Waals surface area contributed by atoms with Crippen molar-refractivity contribution in [3.05, 3.63) is 182 Å². The first-order chi connectivity index (χ1) is 25.2. The molecule has 0 spiro atoms. The van der Waals surface area contributed by atoms with Gasteiger partial charge in [0, 0.05) is 33.8 Å². The molecule has 0 fully saturated rings. The van der Waals surface area contributed by atoms with Crippen LogP contribution in [0, 0.1) is 0 Å². The summed E-state index contributed by atoms with van der Waals surface area (Å²) < 4.78 is 2.63. The van der Waals surface area contributed by atoms with Crippen LogP contribution >= 0.6 is 11.3 Å². The fourth-order valence-corrected chi connectivity index (χ4v) is 9.20. The molecular formula is C49H33NS. The van der Waals surface area contributed by atoms with E-state index < -0.39 is 0 Å². The van der Waals surface area contributed by atoms with Crippen LogP contribution in [-0.4, -0.2) is 7.05 Å². The maximum Gasteiger partial charge on any atom is 0.0592 e. The number of thiophene rings is 1. The summed E-state index contributed by atoms with van der Waals surface area (Å²) >= 11 is 1.87. The average molecular weight is 668 g/mol. The molecule has 10 aromatic rings. The highest BCUT2D eigenvalue weighted by Gasteiger charge is 2.17. The van der Waals surface area contributed by atoms with Crippen molar-refractivity contribution in [2.75, 3.05) is 11.9 Å². The molecule has 1 aromatic heterocycles. The van der Waals surface area contributed by atoms with Gasteiger partial charge in [-0.1, -0.05) is 146 Å². The standard InChI is InChI=1S/C49H33NS/c1-50(47-23-12-22-43-42-21-9-10-24-48(42)51-49(43)47)46-28-26-36(30-44(46)32-13-3-2-4-14-32)34-16-11-15-33(29-34)35-25-27-41-39-19-6-5-17-37(39)38-18-7-8-20-40(38)45(41)31-35/h2-31H,1H3. The lowest BCUT2D eigenvalue weighted by atomic mass is 9.91. The number of hydrogen-bond acceptors (Lipinski definition) is 2. The SMILES string of the molecule is CN(c1ccc(-c2cccc(-c3ccc4c5ccccc5c5ccccc5c4c3)c2)cc1-c1ccccc1)c1cccc2c1sc1ccccc12. The first-order valence-corrected chi connectivity index (χ1v) is 18.3. The number of fused-ring (bicyclic) bond motifs is 9. The van der Waals surface area contributed by atoms with Crippen LogP contribution in [-0.2, 0) is 0 Å². The van der Waals surface area contributed by atoms with E-state index in [1.807, 2.05) is 11.3 Å². The highest BCUT2D eigenvalue weighted by molar-refractivity contribution is 7.26. The van der Waals surface area contributed by atoms with Crippen molar-refractivity contribution >= 4 is 75.2 Å². The molecule has 51 heavy (non-hydrogen) atoms. The molecule has 0 amide bonds. The minimum Gasteiger partial charge on any atom is -0.343 e. The molecule has 10 rings (SSSR count). The van der Waals surface area contributed by atoms with Gasteiger partial charge in [-0.15, -0.1) is 11.3 Å². The molecule has 0 saturated heterocycles. The Labute approximate surface area is 301 Å². The number of nitrogens with zero attached hydrogens (tertiary/aromatic N) is 1. The molecule has 2 heteroatoms. The van der Waals surface area contributed by atoms with Crippen molar-refractivity contribution in [2.24, 2.45) is 0 Å². The Kier molecular flexibility index (Phi) is 6.97. The minimum absolute atomic E-state index is 1.18. The number of anilines is 2. The molecule has 1 nitrogen and oxygen atoms in total. The van der Waals surface area contributed by atoms with Gasteiger partial charge in [-0.25, -0.2) is 0 Å². The van der Waals surface area contributed by atoms with Crippen LogP contribution in [0.1, 0.15) is 0 Å². The smallest absolute Gasteiger partial charge is 0.0592 e. The molecule has 0 bridgehead atoms. The van der Waals surface area contributed by atoms with Crippen LogP contribution in [0.25, 0.3) is 85.9 Å².